The van der Waals surface area contributed by atoms with Crippen LogP contribution >= 0.6 is 11.6 Å². The maximum atomic E-state index is 12.2. The number of halogens is 1. The summed E-state index contributed by atoms with van der Waals surface area (Å²) in [5.41, 5.74) is 1.98. The zero-order valence-electron chi connectivity index (χ0n) is 12.6. The van der Waals surface area contributed by atoms with Crippen molar-refractivity contribution in [1.82, 2.24) is 10.3 Å². The number of nitrogens with one attached hydrogen (secondary N) is 1. The quantitative estimate of drug-likeness (QED) is 0.910. The van der Waals surface area contributed by atoms with Crippen molar-refractivity contribution in [2.24, 2.45) is 0 Å². The van der Waals surface area contributed by atoms with E-state index in [2.05, 4.69) is 10.3 Å². The minimum atomic E-state index is -0.197. The second-order valence-corrected chi connectivity index (χ2v) is 5.47. The Morgan fingerprint density at radius 1 is 1.41 bits per heavy atom. The van der Waals surface area contributed by atoms with Crippen molar-refractivity contribution >= 4 is 17.5 Å². The van der Waals surface area contributed by atoms with Gasteiger partial charge in [0, 0.05) is 18.7 Å². The molecule has 2 aromatic rings. The molecule has 0 atom stereocenters. The Morgan fingerprint density at radius 2 is 2.14 bits per heavy atom. The first-order valence-electron chi connectivity index (χ1n) is 7.11. The van der Waals surface area contributed by atoms with E-state index < -0.39 is 0 Å². The van der Waals surface area contributed by atoms with Gasteiger partial charge in [-0.2, -0.15) is 0 Å². The van der Waals surface area contributed by atoms with Crippen LogP contribution in [0.25, 0.3) is 11.3 Å². The van der Waals surface area contributed by atoms with E-state index in [1.807, 2.05) is 19.1 Å². The first-order valence-corrected chi connectivity index (χ1v) is 7.49. The van der Waals surface area contributed by atoms with Gasteiger partial charge in [-0.05, 0) is 37.8 Å². The van der Waals surface area contributed by atoms with Crippen LogP contribution in [0.4, 0.5) is 0 Å². The highest BCUT2D eigenvalue weighted by atomic mass is 35.5. The van der Waals surface area contributed by atoms with Crippen molar-refractivity contribution in [2.75, 3.05) is 7.11 Å². The van der Waals surface area contributed by atoms with Crippen LogP contribution in [0.2, 0.25) is 5.02 Å². The van der Waals surface area contributed by atoms with Gasteiger partial charge in [0.25, 0.3) is 5.91 Å². The average Bonchev–Trinajstić information content (AvgIpc) is 2.94. The molecule has 1 fully saturated rings. The number of rotatable bonds is 3. The predicted molar refractivity (Wildman–Crippen MR) is 84.9 cm³/mol. The molecule has 0 aliphatic heterocycles. The number of carbonyl (C=O) groups excluding carboxylic acids is 1. The van der Waals surface area contributed by atoms with E-state index in [0.29, 0.717) is 16.5 Å². The fraction of sp³-hybridized carbons (Fsp3) is 0.375. The summed E-state index contributed by atoms with van der Waals surface area (Å²) in [6.45, 7) is 1.93. The highest BCUT2D eigenvalue weighted by Gasteiger charge is 2.25. The lowest BCUT2D eigenvalue weighted by Gasteiger charge is -2.26. The summed E-state index contributed by atoms with van der Waals surface area (Å²) in [5, 5.41) is 10.5. The van der Waals surface area contributed by atoms with Crippen molar-refractivity contribution < 1.29 is 14.3 Å². The van der Waals surface area contributed by atoms with Gasteiger partial charge < -0.3 is 14.8 Å². The predicted octanol–water partition coefficient (Wildman–Crippen LogP) is 3.19. The van der Waals surface area contributed by atoms with Gasteiger partial charge in [0.05, 0.1) is 5.02 Å². The van der Waals surface area contributed by atoms with E-state index in [9.17, 15) is 4.79 Å². The lowest BCUT2D eigenvalue weighted by atomic mass is 9.93. The fourth-order valence-electron chi connectivity index (χ4n) is 2.31. The average molecular weight is 323 g/mol. The Balaban J connectivity index is 0.000000847. The molecule has 1 amide bonds. The van der Waals surface area contributed by atoms with Gasteiger partial charge in [-0.25, -0.2) is 4.98 Å². The summed E-state index contributed by atoms with van der Waals surface area (Å²) >= 11 is 6.22. The van der Waals surface area contributed by atoms with Crippen LogP contribution in [-0.4, -0.2) is 29.1 Å². The number of aliphatic hydroxyl groups is 1. The molecule has 2 N–H and O–H groups in total. The van der Waals surface area contributed by atoms with Gasteiger partial charge in [-0.1, -0.05) is 23.7 Å². The number of hydrogen-bond donors (Lipinski definition) is 2. The van der Waals surface area contributed by atoms with Gasteiger partial charge in [0.2, 0.25) is 0 Å². The molecule has 0 unspecified atom stereocenters. The zero-order chi connectivity index (χ0) is 16.1. The first kappa shape index (κ1) is 16.5. The molecule has 118 valence electrons. The highest BCUT2D eigenvalue weighted by Crippen LogP contribution is 2.33. The second-order valence-electron chi connectivity index (χ2n) is 5.06. The van der Waals surface area contributed by atoms with Crippen molar-refractivity contribution in [1.29, 1.82) is 0 Å². The topological polar surface area (TPSA) is 75.4 Å². The van der Waals surface area contributed by atoms with Crippen LogP contribution in [-0.2, 0) is 0 Å². The third-order valence-corrected chi connectivity index (χ3v) is 3.99. The molecule has 22 heavy (non-hydrogen) atoms. The number of nitrogens with zero attached hydrogens (tertiary/aromatic N) is 1. The van der Waals surface area contributed by atoms with E-state index >= 15 is 0 Å². The minimum Gasteiger partial charge on any atom is -0.443 e. The molecule has 1 aliphatic rings. The summed E-state index contributed by atoms with van der Waals surface area (Å²) < 4.78 is 5.41. The largest absolute Gasteiger partial charge is 0.443 e. The molecule has 1 aromatic heterocycles. The molecule has 6 heteroatoms. The fourth-order valence-corrected chi connectivity index (χ4v) is 2.62. The molecule has 1 aromatic carbocycles. The molecule has 0 radical (unpaired) electrons. The lowest BCUT2D eigenvalue weighted by Crippen LogP contribution is -2.39. The number of aliphatic hydroxyl groups excluding tert-OH is 1. The first-order chi connectivity index (χ1) is 10.7. The number of benzene rings is 1. The van der Waals surface area contributed by atoms with Crippen LogP contribution < -0.4 is 5.32 Å². The Hall–Kier alpha value is -1.85. The molecule has 5 nitrogen and oxygen atoms in total. The number of aryl methyl sites for hydroxylation is 1. The van der Waals surface area contributed by atoms with Crippen LogP contribution in [0.15, 0.2) is 29.0 Å². The number of carbonyl (C=O) groups is 1. The monoisotopic (exact) mass is 322 g/mol. The summed E-state index contributed by atoms with van der Waals surface area (Å²) in [6, 6.07) is 5.84. The van der Waals surface area contributed by atoms with Crippen molar-refractivity contribution in [2.45, 2.75) is 32.2 Å². The normalized spacial score (nSPS) is 13.8. The summed E-state index contributed by atoms with van der Waals surface area (Å²) in [5.74, 6) is 0.239. The smallest absolute Gasteiger partial charge is 0.274 e. The van der Waals surface area contributed by atoms with E-state index in [4.69, 9.17) is 21.1 Å². The molecular formula is C16H19ClN2O3. The van der Waals surface area contributed by atoms with Crippen LogP contribution in [0, 0.1) is 6.92 Å². The van der Waals surface area contributed by atoms with Gasteiger partial charge in [0.15, 0.2) is 17.8 Å². The summed E-state index contributed by atoms with van der Waals surface area (Å²) in [7, 11) is 1.00. The number of hydrogen-bond acceptors (Lipinski definition) is 4. The zero-order valence-corrected chi connectivity index (χ0v) is 13.4. The number of oxazole rings is 1. The van der Waals surface area contributed by atoms with Crippen LogP contribution in [0.5, 0.6) is 0 Å². The van der Waals surface area contributed by atoms with Crippen LogP contribution in [0.1, 0.15) is 35.3 Å². The summed E-state index contributed by atoms with van der Waals surface area (Å²) in [6.07, 6.45) is 4.52. The molecule has 1 aliphatic carbocycles. The molecule has 1 heterocycles. The van der Waals surface area contributed by atoms with Gasteiger partial charge in [-0.3, -0.25) is 4.79 Å². The number of aromatic nitrogens is 1. The van der Waals surface area contributed by atoms with Crippen molar-refractivity contribution in [3.05, 3.63) is 40.9 Å². The van der Waals surface area contributed by atoms with Crippen molar-refractivity contribution in [3.63, 3.8) is 0 Å². The molecular weight excluding hydrogens is 304 g/mol. The highest BCUT2D eigenvalue weighted by molar-refractivity contribution is 6.33. The van der Waals surface area contributed by atoms with E-state index in [1.54, 1.807) is 6.07 Å². The number of amides is 1. The molecule has 0 spiro atoms. The maximum Gasteiger partial charge on any atom is 0.274 e. The third kappa shape index (κ3) is 3.31. The molecule has 0 saturated heterocycles. The molecule has 1 saturated carbocycles. The Kier molecular flexibility index (Phi) is 5.57. The van der Waals surface area contributed by atoms with Gasteiger partial charge >= 0.3 is 0 Å². The molecule has 0 bridgehead atoms. The molecule has 3 rings (SSSR count). The third-order valence-electron chi connectivity index (χ3n) is 3.67. The van der Waals surface area contributed by atoms with Gasteiger partial charge in [0.1, 0.15) is 0 Å². The SMILES string of the molecule is CO.Cc1cccc(Cl)c1-c1ocnc1C(=O)NC1CCC1. The minimum absolute atomic E-state index is 0.197. The van der Waals surface area contributed by atoms with E-state index in [1.165, 1.54) is 12.8 Å². The maximum absolute atomic E-state index is 12.2. The van der Waals surface area contributed by atoms with Crippen molar-refractivity contribution in [3.8, 4) is 11.3 Å². The van der Waals surface area contributed by atoms with Gasteiger partial charge in [-0.15, -0.1) is 0 Å². The Morgan fingerprint density at radius 3 is 2.73 bits per heavy atom. The Bertz CT molecular complexity index is 630. The standard InChI is InChI=1S/C15H15ClN2O2.CH4O/c1-9-4-2-7-11(16)12(9)14-13(17-8-20-14)15(19)18-10-5-3-6-10;1-2/h2,4,7-8,10H,3,5-6H2,1H3,(H,18,19);2H,1H3. The second kappa shape index (κ2) is 7.42. The summed E-state index contributed by atoms with van der Waals surface area (Å²) in [4.78, 5) is 16.3. The van der Waals surface area contributed by atoms with E-state index in [-0.39, 0.29) is 11.9 Å². The lowest BCUT2D eigenvalue weighted by molar-refractivity contribution is 0.0912. The Labute approximate surface area is 134 Å². The van der Waals surface area contributed by atoms with E-state index in [0.717, 1.165) is 31.1 Å². The van der Waals surface area contributed by atoms with Crippen LogP contribution in [0.3, 0.4) is 0 Å².